The van der Waals surface area contributed by atoms with E-state index in [1.807, 2.05) is 6.07 Å². The van der Waals surface area contributed by atoms with Gasteiger partial charge in [-0.25, -0.2) is 4.39 Å². The van der Waals surface area contributed by atoms with Crippen LogP contribution in [0.15, 0.2) is 18.2 Å². The second-order valence-corrected chi connectivity index (χ2v) is 3.53. The van der Waals surface area contributed by atoms with Crippen LogP contribution in [0.5, 0.6) is 5.75 Å². The van der Waals surface area contributed by atoms with Crippen molar-refractivity contribution in [3.8, 4) is 11.8 Å². The van der Waals surface area contributed by atoms with Crippen molar-refractivity contribution < 1.29 is 14.3 Å². The van der Waals surface area contributed by atoms with Gasteiger partial charge in [-0.2, -0.15) is 5.26 Å². The van der Waals surface area contributed by atoms with Crippen molar-refractivity contribution in [1.29, 1.82) is 5.26 Å². The predicted octanol–water partition coefficient (Wildman–Crippen LogP) is 1.95. The Labute approximate surface area is 98.7 Å². The Morgan fingerprint density at radius 1 is 1.47 bits per heavy atom. The van der Waals surface area contributed by atoms with Crippen molar-refractivity contribution >= 4 is 5.91 Å². The highest BCUT2D eigenvalue weighted by atomic mass is 19.1. The summed E-state index contributed by atoms with van der Waals surface area (Å²) in [5, 5.41) is 20.2. The number of nitrogens with one attached hydrogen (secondary N) is 1. The summed E-state index contributed by atoms with van der Waals surface area (Å²) in [6.07, 6.45) is 1.82. The number of aromatic hydroxyl groups is 1. The van der Waals surface area contributed by atoms with Crippen LogP contribution in [-0.4, -0.2) is 17.6 Å². The summed E-state index contributed by atoms with van der Waals surface area (Å²) in [7, 11) is 0. The van der Waals surface area contributed by atoms with Crippen LogP contribution >= 0.6 is 0 Å². The third-order valence-corrected chi connectivity index (χ3v) is 2.20. The Morgan fingerprint density at radius 3 is 2.94 bits per heavy atom. The fourth-order valence-electron chi connectivity index (χ4n) is 1.32. The molecule has 4 nitrogen and oxygen atoms in total. The number of phenols is 1. The molecule has 1 amide bonds. The van der Waals surface area contributed by atoms with E-state index in [1.54, 1.807) is 0 Å². The maximum atomic E-state index is 12.9. The zero-order valence-corrected chi connectivity index (χ0v) is 9.24. The molecular formula is C12H13FN2O2. The second-order valence-electron chi connectivity index (χ2n) is 3.53. The van der Waals surface area contributed by atoms with E-state index in [-0.39, 0.29) is 11.3 Å². The van der Waals surface area contributed by atoms with Crippen molar-refractivity contribution in [3.05, 3.63) is 29.6 Å². The average Bonchev–Trinajstić information content (AvgIpc) is 2.32. The van der Waals surface area contributed by atoms with Crippen LogP contribution in [0, 0.1) is 17.1 Å². The molecule has 0 atom stereocenters. The Kier molecular flexibility index (Phi) is 4.95. The average molecular weight is 236 g/mol. The van der Waals surface area contributed by atoms with Gasteiger partial charge in [0.2, 0.25) is 0 Å². The van der Waals surface area contributed by atoms with Crippen molar-refractivity contribution in [2.24, 2.45) is 0 Å². The normalized spacial score (nSPS) is 9.65. The number of hydrogen-bond donors (Lipinski definition) is 2. The number of nitriles is 1. The first-order chi connectivity index (χ1) is 8.15. The van der Waals surface area contributed by atoms with Gasteiger partial charge in [-0.15, -0.1) is 0 Å². The molecule has 0 spiro atoms. The lowest BCUT2D eigenvalue weighted by atomic mass is 10.1. The van der Waals surface area contributed by atoms with Gasteiger partial charge >= 0.3 is 0 Å². The highest BCUT2D eigenvalue weighted by molar-refractivity contribution is 5.96. The fraction of sp³-hybridized carbons (Fsp3) is 0.333. The molecule has 0 heterocycles. The number of unbranched alkanes of at least 4 members (excludes halogenated alkanes) is 2. The van der Waals surface area contributed by atoms with E-state index in [0.29, 0.717) is 25.8 Å². The highest BCUT2D eigenvalue weighted by Crippen LogP contribution is 2.17. The quantitative estimate of drug-likeness (QED) is 0.767. The van der Waals surface area contributed by atoms with Crippen LogP contribution in [0.3, 0.4) is 0 Å². The van der Waals surface area contributed by atoms with E-state index in [2.05, 4.69) is 5.32 Å². The molecule has 0 aliphatic rings. The Hall–Kier alpha value is -2.09. The van der Waals surface area contributed by atoms with Crippen LogP contribution in [0.2, 0.25) is 0 Å². The number of phenolic OH excluding ortho intramolecular Hbond substituents is 1. The van der Waals surface area contributed by atoms with Crippen molar-refractivity contribution in [2.75, 3.05) is 6.54 Å². The Balaban J connectivity index is 2.47. The zero-order chi connectivity index (χ0) is 12.7. The maximum absolute atomic E-state index is 12.9. The third kappa shape index (κ3) is 4.11. The molecule has 1 aromatic rings. The third-order valence-electron chi connectivity index (χ3n) is 2.20. The van der Waals surface area contributed by atoms with Crippen molar-refractivity contribution in [1.82, 2.24) is 5.32 Å². The van der Waals surface area contributed by atoms with Gasteiger partial charge in [0.05, 0.1) is 11.6 Å². The molecule has 17 heavy (non-hydrogen) atoms. The first kappa shape index (κ1) is 13.0. The summed E-state index contributed by atoms with van der Waals surface area (Å²) in [5.41, 5.74) is -0.0784. The molecule has 0 radical (unpaired) electrons. The van der Waals surface area contributed by atoms with Gasteiger partial charge in [0.25, 0.3) is 5.91 Å². The van der Waals surface area contributed by atoms with Gasteiger partial charge in [0.15, 0.2) is 0 Å². The number of hydrogen-bond acceptors (Lipinski definition) is 3. The standard InChI is InChI=1S/C12H13FN2O2/c13-9-4-5-11(16)10(8-9)12(17)15-7-3-1-2-6-14/h4-5,8,16H,1-3,7H2,(H,15,17). The number of nitrogens with zero attached hydrogens (tertiary/aromatic N) is 1. The molecule has 90 valence electrons. The van der Waals surface area contributed by atoms with Crippen LogP contribution in [0.1, 0.15) is 29.6 Å². The molecular weight excluding hydrogens is 223 g/mol. The van der Waals surface area contributed by atoms with E-state index in [4.69, 9.17) is 5.26 Å². The SMILES string of the molecule is N#CCCCCNC(=O)c1cc(F)ccc1O. The Bertz CT molecular complexity index is 441. The highest BCUT2D eigenvalue weighted by Gasteiger charge is 2.11. The number of carbonyl (C=O) groups is 1. The van der Waals surface area contributed by atoms with Gasteiger partial charge in [0.1, 0.15) is 11.6 Å². The lowest BCUT2D eigenvalue weighted by Gasteiger charge is -2.06. The van der Waals surface area contributed by atoms with E-state index >= 15 is 0 Å². The van der Waals surface area contributed by atoms with Crippen LogP contribution < -0.4 is 5.32 Å². The fourth-order valence-corrected chi connectivity index (χ4v) is 1.32. The summed E-state index contributed by atoms with van der Waals surface area (Å²) in [4.78, 5) is 11.5. The van der Waals surface area contributed by atoms with Gasteiger partial charge in [-0.3, -0.25) is 4.79 Å². The maximum Gasteiger partial charge on any atom is 0.255 e. The lowest BCUT2D eigenvalue weighted by Crippen LogP contribution is -2.24. The van der Waals surface area contributed by atoms with E-state index in [0.717, 1.165) is 18.2 Å². The first-order valence-electron chi connectivity index (χ1n) is 5.29. The monoisotopic (exact) mass is 236 g/mol. The predicted molar refractivity (Wildman–Crippen MR) is 59.9 cm³/mol. The summed E-state index contributed by atoms with van der Waals surface area (Å²) in [5.74, 6) is -1.34. The number of benzene rings is 1. The minimum atomic E-state index is -0.572. The molecule has 1 rings (SSSR count). The number of rotatable bonds is 5. The molecule has 0 aromatic heterocycles. The minimum absolute atomic E-state index is 0.0784. The molecule has 5 heteroatoms. The molecule has 0 bridgehead atoms. The lowest BCUT2D eigenvalue weighted by molar-refractivity contribution is 0.0950. The first-order valence-corrected chi connectivity index (χ1v) is 5.29. The van der Waals surface area contributed by atoms with E-state index in [1.165, 1.54) is 0 Å². The van der Waals surface area contributed by atoms with Gasteiger partial charge in [-0.05, 0) is 31.0 Å². The minimum Gasteiger partial charge on any atom is -0.507 e. The smallest absolute Gasteiger partial charge is 0.255 e. The van der Waals surface area contributed by atoms with E-state index in [9.17, 15) is 14.3 Å². The molecule has 0 fully saturated rings. The van der Waals surface area contributed by atoms with E-state index < -0.39 is 11.7 Å². The van der Waals surface area contributed by atoms with Crippen LogP contribution in [0.4, 0.5) is 4.39 Å². The molecule has 0 saturated carbocycles. The topological polar surface area (TPSA) is 73.1 Å². The number of halogens is 1. The summed E-state index contributed by atoms with van der Waals surface area (Å²) in [6.45, 7) is 0.399. The van der Waals surface area contributed by atoms with Crippen LogP contribution in [0.25, 0.3) is 0 Å². The molecule has 0 aliphatic carbocycles. The number of amides is 1. The summed E-state index contributed by atoms with van der Waals surface area (Å²) < 4.78 is 12.9. The van der Waals surface area contributed by atoms with Gasteiger partial charge in [0, 0.05) is 13.0 Å². The second kappa shape index (κ2) is 6.48. The number of carbonyl (C=O) groups excluding carboxylic acids is 1. The van der Waals surface area contributed by atoms with Crippen molar-refractivity contribution in [2.45, 2.75) is 19.3 Å². The summed E-state index contributed by atoms with van der Waals surface area (Å²) in [6, 6.07) is 5.21. The Morgan fingerprint density at radius 2 is 2.24 bits per heavy atom. The molecule has 0 unspecified atom stereocenters. The van der Waals surface area contributed by atoms with Gasteiger partial charge < -0.3 is 10.4 Å². The summed E-state index contributed by atoms with van der Waals surface area (Å²) >= 11 is 0. The van der Waals surface area contributed by atoms with Crippen molar-refractivity contribution in [3.63, 3.8) is 0 Å². The molecule has 1 aromatic carbocycles. The largest absolute Gasteiger partial charge is 0.507 e. The molecule has 0 saturated heterocycles. The molecule has 2 N–H and O–H groups in total. The van der Waals surface area contributed by atoms with Crippen LogP contribution in [-0.2, 0) is 0 Å². The zero-order valence-electron chi connectivity index (χ0n) is 9.24. The van der Waals surface area contributed by atoms with Gasteiger partial charge in [-0.1, -0.05) is 0 Å². The molecule has 0 aliphatic heterocycles.